The summed E-state index contributed by atoms with van der Waals surface area (Å²) in [6.45, 7) is 12.2. The Balaban J connectivity index is 0. The van der Waals surface area contributed by atoms with Crippen LogP contribution in [0.25, 0.3) is 0 Å². The molecule has 0 fully saturated rings. The van der Waals surface area contributed by atoms with Gasteiger partial charge in [0.1, 0.15) is 0 Å². The monoisotopic (exact) mass is 297 g/mol. The van der Waals surface area contributed by atoms with Gasteiger partial charge in [0, 0.05) is 0 Å². The molecular formula is C12H21Cl2NTi. The molecule has 0 radical (unpaired) electrons. The normalized spacial score (nSPS) is 19.4. The minimum Gasteiger partial charge on any atom is -0.147 e. The van der Waals surface area contributed by atoms with E-state index in [9.17, 15) is 0 Å². The largest absolute Gasteiger partial charge is 0.147 e. The predicted octanol–water partition coefficient (Wildman–Crippen LogP) is 3.42. The third kappa shape index (κ3) is 3.55. The summed E-state index contributed by atoms with van der Waals surface area (Å²) >= 11 is 2.19. The number of hydrogen-bond donors (Lipinski definition) is 1. The summed E-state index contributed by atoms with van der Waals surface area (Å²) in [4.78, 5) is 0. The van der Waals surface area contributed by atoms with E-state index in [2.05, 4.69) is 59.9 Å². The summed E-state index contributed by atoms with van der Waals surface area (Å²) in [5, 5.41) is 3.42. The summed E-state index contributed by atoms with van der Waals surface area (Å²) in [7, 11) is 0. The van der Waals surface area contributed by atoms with E-state index < -0.39 is 0 Å². The van der Waals surface area contributed by atoms with E-state index >= 15 is 0 Å². The molecule has 1 aliphatic rings. The minimum absolute atomic E-state index is 0. The van der Waals surface area contributed by atoms with Crippen molar-refractivity contribution in [3.05, 3.63) is 22.3 Å². The van der Waals surface area contributed by atoms with E-state index in [-0.39, 0.29) is 24.8 Å². The van der Waals surface area contributed by atoms with E-state index in [0.29, 0.717) is 5.92 Å². The Morgan fingerprint density at radius 1 is 1.19 bits per heavy atom. The van der Waals surface area contributed by atoms with Gasteiger partial charge in [0.05, 0.1) is 0 Å². The van der Waals surface area contributed by atoms with Crippen molar-refractivity contribution in [2.45, 2.75) is 34.6 Å². The maximum Gasteiger partial charge on any atom is -0.147 e. The standard InChI is InChI=1S/C12H19N.2ClH.Ti/c1-6-13-7-12-10(4)8(2)9(3)11(12)5;;;/h10,13H,6H2,1-5H3;2*1H;. The minimum atomic E-state index is 0. The van der Waals surface area contributed by atoms with Gasteiger partial charge >= 0.3 is 98.6 Å². The molecule has 1 nitrogen and oxygen atoms in total. The molecule has 1 atom stereocenters. The Morgan fingerprint density at radius 2 is 1.69 bits per heavy atom. The number of halogens is 2. The molecule has 0 amide bonds. The van der Waals surface area contributed by atoms with Crippen LogP contribution in [-0.4, -0.2) is 10.5 Å². The fraction of sp³-hybridized carbons (Fsp3) is 0.583. The van der Waals surface area contributed by atoms with Crippen molar-refractivity contribution in [3.8, 4) is 0 Å². The Bertz CT molecular complexity index is 332. The Labute approximate surface area is 123 Å². The van der Waals surface area contributed by atoms with Crippen LogP contribution in [0.4, 0.5) is 0 Å². The van der Waals surface area contributed by atoms with Crippen molar-refractivity contribution in [3.63, 3.8) is 0 Å². The third-order valence-corrected chi connectivity index (χ3v) is 3.96. The number of likely N-dealkylation sites (N-methyl/N-ethyl adjacent to an activating group) is 1. The molecule has 0 aromatic heterocycles. The summed E-state index contributed by atoms with van der Waals surface area (Å²) < 4.78 is 1.34. The van der Waals surface area contributed by atoms with Crippen LogP contribution < -0.4 is 5.32 Å². The van der Waals surface area contributed by atoms with Gasteiger partial charge in [-0.1, -0.05) is 0 Å². The summed E-state index contributed by atoms with van der Waals surface area (Å²) in [5.74, 6) is 0.592. The molecule has 16 heavy (non-hydrogen) atoms. The molecule has 0 bridgehead atoms. The van der Waals surface area contributed by atoms with Crippen molar-refractivity contribution in [1.82, 2.24) is 5.32 Å². The van der Waals surface area contributed by atoms with Crippen LogP contribution in [0.5, 0.6) is 0 Å². The zero-order chi connectivity index (χ0) is 10.9. The molecule has 0 heterocycles. The number of hydrogen-bond acceptors (Lipinski definition) is 1. The number of allylic oxidation sites excluding steroid dienone is 3. The first-order valence-corrected chi connectivity index (χ1v) is 6.00. The second kappa shape index (κ2) is 7.84. The molecule has 1 unspecified atom stereocenters. The van der Waals surface area contributed by atoms with Crippen molar-refractivity contribution in [2.24, 2.45) is 5.92 Å². The quantitative estimate of drug-likeness (QED) is 0.787. The molecule has 0 spiro atoms. The number of nitrogens with one attached hydrogen (secondary N) is 1. The number of rotatable bonds is 3. The second-order valence-electron chi connectivity index (χ2n) is 3.97. The Hall–Kier alpha value is 0.604. The van der Waals surface area contributed by atoms with E-state index in [1.54, 1.807) is 0 Å². The van der Waals surface area contributed by atoms with E-state index in [1.807, 2.05) is 0 Å². The summed E-state index contributed by atoms with van der Waals surface area (Å²) in [5.41, 5.74) is 5.97. The topological polar surface area (TPSA) is 12.0 Å². The molecule has 92 valence electrons. The predicted molar refractivity (Wildman–Crippen MR) is 73.4 cm³/mol. The molecule has 1 aliphatic carbocycles. The van der Waals surface area contributed by atoms with Crippen LogP contribution in [0.2, 0.25) is 0 Å². The third-order valence-electron chi connectivity index (χ3n) is 3.26. The second-order valence-corrected chi connectivity index (χ2v) is 4.75. The molecule has 1 rings (SSSR count). The van der Waals surface area contributed by atoms with Gasteiger partial charge in [0.2, 0.25) is 0 Å². The van der Waals surface area contributed by atoms with E-state index in [1.165, 1.54) is 26.2 Å². The van der Waals surface area contributed by atoms with Gasteiger partial charge in [-0.3, -0.25) is 0 Å². The van der Waals surface area contributed by atoms with Gasteiger partial charge < -0.3 is 0 Å². The van der Waals surface area contributed by atoms with Crippen molar-refractivity contribution >= 4 is 28.7 Å². The van der Waals surface area contributed by atoms with E-state index in [4.69, 9.17) is 0 Å². The Morgan fingerprint density at radius 3 is 2.00 bits per heavy atom. The van der Waals surface area contributed by atoms with Crippen LogP contribution in [0.1, 0.15) is 34.6 Å². The molecule has 0 saturated heterocycles. The average molecular weight is 298 g/mol. The van der Waals surface area contributed by atoms with Gasteiger partial charge in [-0.15, -0.1) is 24.8 Å². The first-order chi connectivity index (χ1) is 6.50. The van der Waals surface area contributed by atoms with Gasteiger partial charge in [0.15, 0.2) is 0 Å². The maximum atomic E-state index is 3.42. The summed E-state index contributed by atoms with van der Waals surface area (Å²) in [6.07, 6.45) is 0. The van der Waals surface area contributed by atoms with Crippen LogP contribution in [0.15, 0.2) is 22.3 Å². The van der Waals surface area contributed by atoms with Gasteiger partial charge in [0.25, 0.3) is 0 Å². The molecule has 0 aromatic rings. The fourth-order valence-electron chi connectivity index (χ4n) is 2.04. The molecular weight excluding hydrogens is 277 g/mol. The van der Waals surface area contributed by atoms with Crippen molar-refractivity contribution < 1.29 is 20.0 Å². The first kappa shape index (κ1) is 19.0. The SMILES string of the molecule is CCN[C](=[Ti])C1=C(C)C(C)=C(C)C1C.Cl.Cl. The Kier molecular flexibility index (Phi) is 9.29. The molecule has 0 aliphatic heterocycles. The molecule has 0 saturated carbocycles. The zero-order valence-corrected chi connectivity index (χ0v) is 13.8. The maximum absolute atomic E-state index is 3.42. The zero-order valence-electron chi connectivity index (χ0n) is 10.6. The van der Waals surface area contributed by atoms with Gasteiger partial charge in [-0.05, 0) is 0 Å². The summed E-state index contributed by atoms with van der Waals surface area (Å²) in [6, 6.07) is 0. The van der Waals surface area contributed by atoms with Gasteiger partial charge in [-0.2, -0.15) is 0 Å². The van der Waals surface area contributed by atoms with Crippen LogP contribution in [0, 0.1) is 5.92 Å². The van der Waals surface area contributed by atoms with Crippen molar-refractivity contribution in [2.75, 3.05) is 6.54 Å². The van der Waals surface area contributed by atoms with Gasteiger partial charge in [-0.25, -0.2) is 0 Å². The van der Waals surface area contributed by atoms with Crippen LogP contribution >= 0.6 is 24.8 Å². The van der Waals surface area contributed by atoms with Crippen LogP contribution in [-0.2, 0) is 20.0 Å². The first-order valence-electron chi connectivity index (χ1n) is 5.22. The smallest absolute Gasteiger partial charge is 0.147 e. The fourth-order valence-corrected chi connectivity index (χ4v) is 2.95. The van der Waals surface area contributed by atoms with Crippen molar-refractivity contribution in [1.29, 1.82) is 0 Å². The van der Waals surface area contributed by atoms with Crippen LogP contribution in [0.3, 0.4) is 0 Å². The average Bonchev–Trinajstić information content (AvgIpc) is 2.32. The molecule has 1 N–H and O–H groups in total. The molecule has 4 heteroatoms. The van der Waals surface area contributed by atoms with E-state index in [0.717, 1.165) is 6.54 Å². The molecule has 0 aromatic carbocycles.